The van der Waals surface area contributed by atoms with Gasteiger partial charge in [0.2, 0.25) is 10.0 Å². The minimum atomic E-state index is -3.62. The molecule has 3 rings (SSSR count). The van der Waals surface area contributed by atoms with Crippen LogP contribution in [-0.4, -0.2) is 63.4 Å². The first-order valence-electron chi connectivity index (χ1n) is 11.7. The van der Waals surface area contributed by atoms with E-state index in [1.165, 1.54) is 16.8 Å². The molecule has 0 aliphatic carbocycles. The largest absolute Gasteiger partial charge is 0.497 e. The van der Waals surface area contributed by atoms with E-state index in [1.807, 2.05) is 24.3 Å². The van der Waals surface area contributed by atoms with E-state index in [9.17, 15) is 13.2 Å². The lowest BCUT2D eigenvalue weighted by Gasteiger charge is -2.35. The molecule has 1 aliphatic rings. The number of carbonyl (C=O) groups is 1. The number of ether oxygens (including phenoxy) is 1. The molecule has 1 fully saturated rings. The standard InChI is InChI=1S/C25H35N3O4S/c1-4-28(5-2)33(30,31)23-11-9-10-21(18-23)25(29)26-19-24(27-16-7-6-8-17-27)20-12-14-22(32-3)15-13-20/h9-15,18,24H,4-8,16-17,19H2,1-3H3,(H,26,29)/t24-/m0/s1. The van der Waals surface area contributed by atoms with Crippen molar-refractivity contribution in [2.75, 3.05) is 39.8 Å². The number of benzene rings is 2. The second kappa shape index (κ2) is 11.6. The molecular weight excluding hydrogens is 438 g/mol. The molecule has 33 heavy (non-hydrogen) atoms. The minimum absolute atomic E-state index is 0.0442. The number of likely N-dealkylation sites (tertiary alicyclic amines) is 1. The third-order valence-corrected chi connectivity index (χ3v) is 8.27. The average Bonchev–Trinajstić information content (AvgIpc) is 2.85. The molecule has 1 saturated heterocycles. The number of rotatable bonds is 10. The van der Waals surface area contributed by atoms with Gasteiger partial charge in [-0.15, -0.1) is 0 Å². The van der Waals surface area contributed by atoms with Crippen molar-refractivity contribution in [1.29, 1.82) is 0 Å². The summed E-state index contributed by atoms with van der Waals surface area (Å²) >= 11 is 0. The smallest absolute Gasteiger partial charge is 0.251 e. The van der Waals surface area contributed by atoms with Gasteiger partial charge in [0.25, 0.3) is 5.91 Å². The molecule has 8 heteroatoms. The number of carbonyl (C=O) groups excluding carboxylic acids is 1. The average molecular weight is 474 g/mol. The number of hydrogen-bond donors (Lipinski definition) is 1. The molecule has 0 bridgehead atoms. The fraction of sp³-hybridized carbons (Fsp3) is 0.480. The number of sulfonamides is 1. The molecule has 7 nitrogen and oxygen atoms in total. The Bertz CT molecular complexity index is 1010. The van der Waals surface area contributed by atoms with Gasteiger partial charge in [-0.2, -0.15) is 4.31 Å². The first-order chi connectivity index (χ1) is 15.9. The summed E-state index contributed by atoms with van der Waals surface area (Å²) in [6.45, 7) is 6.80. The number of methoxy groups -OCH3 is 1. The molecule has 1 atom stereocenters. The predicted octanol–water partition coefficient (Wildman–Crippen LogP) is 3.68. The van der Waals surface area contributed by atoms with Crippen LogP contribution in [0.2, 0.25) is 0 Å². The summed E-state index contributed by atoms with van der Waals surface area (Å²) in [7, 11) is -1.98. The van der Waals surface area contributed by atoms with Crippen LogP contribution in [-0.2, 0) is 10.0 Å². The molecule has 180 valence electrons. The fourth-order valence-corrected chi connectivity index (χ4v) is 5.82. The maximum absolute atomic E-state index is 13.0. The second-order valence-electron chi connectivity index (χ2n) is 8.21. The van der Waals surface area contributed by atoms with Crippen LogP contribution in [0.4, 0.5) is 0 Å². The summed E-state index contributed by atoms with van der Waals surface area (Å²) < 4.78 is 32.4. The van der Waals surface area contributed by atoms with Gasteiger partial charge in [0, 0.05) is 25.2 Å². The lowest BCUT2D eigenvalue weighted by Crippen LogP contribution is -2.40. The molecule has 1 aliphatic heterocycles. The van der Waals surface area contributed by atoms with Crippen molar-refractivity contribution in [2.45, 2.75) is 44.0 Å². The van der Waals surface area contributed by atoms with E-state index in [0.717, 1.165) is 37.2 Å². The van der Waals surface area contributed by atoms with Gasteiger partial charge in [0.05, 0.1) is 18.0 Å². The highest BCUT2D eigenvalue weighted by molar-refractivity contribution is 7.89. The van der Waals surface area contributed by atoms with Crippen LogP contribution in [0, 0.1) is 0 Å². The number of piperidine rings is 1. The van der Waals surface area contributed by atoms with E-state index < -0.39 is 10.0 Å². The number of amides is 1. The van der Waals surface area contributed by atoms with Crippen LogP contribution in [0.25, 0.3) is 0 Å². The van der Waals surface area contributed by atoms with Gasteiger partial charge in [0.1, 0.15) is 5.75 Å². The monoisotopic (exact) mass is 473 g/mol. The molecule has 2 aromatic carbocycles. The minimum Gasteiger partial charge on any atom is -0.497 e. The lowest BCUT2D eigenvalue weighted by molar-refractivity contribution is 0.0924. The first kappa shape index (κ1) is 25.2. The highest BCUT2D eigenvalue weighted by Crippen LogP contribution is 2.26. The van der Waals surface area contributed by atoms with Crippen molar-refractivity contribution in [1.82, 2.24) is 14.5 Å². The van der Waals surface area contributed by atoms with Crippen LogP contribution in [0.5, 0.6) is 5.75 Å². The maximum Gasteiger partial charge on any atom is 0.251 e. The van der Waals surface area contributed by atoms with Crippen molar-refractivity contribution in [3.8, 4) is 5.75 Å². The molecule has 0 unspecified atom stereocenters. The molecule has 0 saturated carbocycles. The van der Waals surface area contributed by atoms with Crippen LogP contribution in [0.15, 0.2) is 53.4 Å². The Kier molecular flexibility index (Phi) is 8.88. The Labute approximate surface area is 197 Å². The Morgan fingerprint density at radius 1 is 1.06 bits per heavy atom. The third kappa shape index (κ3) is 6.13. The van der Waals surface area contributed by atoms with Crippen molar-refractivity contribution >= 4 is 15.9 Å². The van der Waals surface area contributed by atoms with E-state index in [-0.39, 0.29) is 16.8 Å². The summed E-state index contributed by atoms with van der Waals surface area (Å²) in [4.78, 5) is 15.5. The number of hydrogen-bond acceptors (Lipinski definition) is 5. The second-order valence-corrected chi connectivity index (χ2v) is 10.2. The number of nitrogens with one attached hydrogen (secondary N) is 1. The van der Waals surface area contributed by atoms with Gasteiger partial charge in [-0.1, -0.05) is 38.5 Å². The molecule has 1 N–H and O–H groups in total. The predicted molar refractivity (Wildman–Crippen MR) is 130 cm³/mol. The van der Waals surface area contributed by atoms with E-state index in [2.05, 4.69) is 10.2 Å². The van der Waals surface area contributed by atoms with Gasteiger partial charge in [-0.25, -0.2) is 8.42 Å². The SMILES string of the molecule is CCN(CC)S(=O)(=O)c1cccc(C(=O)NC[C@@H](c2ccc(OC)cc2)N2CCCCC2)c1. The third-order valence-electron chi connectivity index (χ3n) is 6.23. The Morgan fingerprint density at radius 2 is 1.73 bits per heavy atom. The molecule has 2 aromatic rings. The highest BCUT2D eigenvalue weighted by Gasteiger charge is 2.25. The lowest BCUT2D eigenvalue weighted by atomic mass is 10.0. The van der Waals surface area contributed by atoms with Gasteiger partial charge in [-0.05, 0) is 61.8 Å². The van der Waals surface area contributed by atoms with Gasteiger partial charge >= 0.3 is 0 Å². The topological polar surface area (TPSA) is 79.0 Å². The van der Waals surface area contributed by atoms with Crippen LogP contribution in [0.3, 0.4) is 0 Å². The van der Waals surface area contributed by atoms with Crippen LogP contribution >= 0.6 is 0 Å². The molecule has 0 spiro atoms. The van der Waals surface area contributed by atoms with Crippen molar-refractivity contribution < 1.29 is 17.9 Å². The van der Waals surface area contributed by atoms with Crippen molar-refractivity contribution in [3.05, 3.63) is 59.7 Å². The zero-order valence-electron chi connectivity index (χ0n) is 19.8. The Morgan fingerprint density at radius 3 is 2.33 bits per heavy atom. The Hall–Kier alpha value is -2.42. The molecule has 1 heterocycles. The van der Waals surface area contributed by atoms with Gasteiger partial charge in [-0.3, -0.25) is 9.69 Å². The van der Waals surface area contributed by atoms with Gasteiger partial charge in [0.15, 0.2) is 0 Å². The quantitative estimate of drug-likeness (QED) is 0.569. The van der Waals surface area contributed by atoms with E-state index in [4.69, 9.17) is 4.74 Å². The van der Waals surface area contributed by atoms with Crippen LogP contribution in [0.1, 0.15) is 55.1 Å². The zero-order chi connectivity index (χ0) is 23.8. The van der Waals surface area contributed by atoms with Gasteiger partial charge < -0.3 is 10.1 Å². The fourth-order valence-electron chi connectivity index (χ4n) is 4.32. The zero-order valence-corrected chi connectivity index (χ0v) is 20.6. The first-order valence-corrected chi connectivity index (χ1v) is 13.1. The van der Waals surface area contributed by atoms with Crippen LogP contribution < -0.4 is 10.1 Å². The van der Waals surface area contributed by atoms with E-state index in [1.54, 1.807) is 39.2 Å². The molecule has 0 radical (unpaired) electrons. The maximum atomic E-state index is 13.0. The summed E-state index contributed by atoms with van der Waals surface area (Å²) in [5.74, 6) is 0.522. The molecule has 0 aromatic heterocycles. The normalized spacial score (nSPS) is 15.9. The summed E-state index contributed by atoms with van der Waals surface area (Å²) in [6, 6.07) is 14.3. The summed E-state index contributed by atoms with van der Waals surface area (Å²) in [5, 5.41) is 3.04. The highest BCUT2D eigenvalue weighted by atomic mass is 32.2. The van der Waals surface area contributed by atoms with E-state index >= 15 is 0 Å². The Balaban J connectivity index is 1.77. The van der Waals surface area contributed by atoms with E-state index in [0.29, 0.717) is 25.2 Å². The molecular formula is C25H35N3O4S. The summed E-state index contributed by atoms with van der Waals surface area (Å²) in [6.07, 6.45) is 3.52. The molecule has 1 amide bonds. The van der Waals surface area contributed by atoms with Crippen molar-refractivity contribution in [3.63, 3.8) is 0 Å². The number of nitrogens with zero attached hydrogens (tertiary/aromatic N) is 2. The van der Waals surface area contributed by atoms with Crippen molar-refractivity contribution in [2.24, 2.45) is 0 Å². The summed E-state index contributed by atoms with van der Waals surface area (Å²) in [5.41, 5.74) is 1.46.